The molecule has 2 atom stereocenters. The number of nitrogens with zero attached hydrogens (tertiary/aromatic N) is 2. The van der Waals surface area contributed by atoms with Gasteiger partial charge in [0, 0.05) is 31.6 Å². The highest BCUT2D eigenvalue weighted by Gasteiger charge is 2.37. The number of halogens is 1. The summed E-state index contributed by atoms with van der Waals surface area (Å²) >= 11 is 0. The highest BCUT2D eigenvalue weighted by molar-refractivity contribution is 6.02. The Morgan fingerprint density at radius 1 is 1.21 bits per heavy atom. The summed E-state index contributed by atoms with van der Waals surface area (Å²) in [5.74, 6) is -0.646. The third-order valence-corrected chi connectivity index (χ3v) is 5.03. The molecule has 3 aromatic rings. The third kappa shape index (κ3) is 3.89. The minimum absolute atomic E-state index is 0.0142. The Morgan fingerprint density at radius 2 is 1.93 bits per heavy atom. The number of hydrogen-bond donors (Lipinski definition) is 1. The number of carbonyl (C=O) groups excluding carboxylic acids is 2. The van der Waals surface area contributed by atoms with Gasteiger partial charge in [0.1, 0.15) is 18.0 Å². The summed E-state index contributed by atoms with van der Waals surface area (Å²) in [6.07, 6.45) is -1.03. The fourth-order valence-corrected chi connectivity index (χ4v) is 3.49. The molecule has 148 valence electrons. The van der Waals surface area contributed by atoms with Crippen LogP contribution in [0.4, 0.5) is 10.1 Å². The van der Waals surface area contributed by atoms with Crippen LogP contribution in [0.1, 0.15) is 27.4 Å². The lowest BCUT2D eigenvalue weighted by molar-refractivity contribution is -0.121. The molecule has 1 aliphatic heterocycles. The predicted molar refractivity (Wildman–Crippen MR) is 105 cm³/mol. The SMILES string of the molecule is CN1C(=O)C(NC(=O)c2cc(Cc3ccccc3)on2)[C@@H](F)Cc2ccccc21. The van der Waals surface area contributed by atoms with Crippen LogP contribution >= 0.6 is 0 Å². The number of anilines is 1. The molecule has 29 heavy (non-hydrogen) atoms. The molecule has 2 aromatic carbocycles. The molecule has 7 heteroatoms. The van der Waals surface area contributed by atoms with Crippen LogP contribution in [0.5, 0.6) is 0 Å². The fraction of sp³-hybridized carbons (Fsp3) is 0.227. The number of aromatic nitrogens is 1. The Bertz CT molecular complexity index is 1030. The van der Waals surface area contributed by atoms with Crippen molar-refractivity contribution in [2.24, 2.45) is 0 Å². The van der Waals surface area contributed by atoms with Gasteiger partial charge in [0.2, 0.25) is 0 Å². The van der Waals surface area contributed by atoms with Gasteiger partial charge >= 0.3 is 0 Å². The Hall–Kier alpha value is -3.48. The monoisotopic (exact) mass is 393 g/mol. The van der Waals surface area contributed by atoms with Crippen LogP contribution in [0.25, 0.3) is 0 Å². The molecule has 2 heterocycles. The molecule has 0 bridgehead atoms. The Kier molecular flexibility index (Phi) is 5.12. The minimum Gasteiger partial charge on any atom is -0.360 e. The maximum atomic E-state index is 14.9. The molecule has 1 aliphatic rings. The van der Waals surface area contributed by atoms with Crippen LogP contribution in [0.2, 0.25) is 0 Å². The third-order valence-electron chi connectivity index (χ3n) is 5.03. The van der Waals surface area contributed by atoms with Crippen LogP contribution in [-0.4, -0.2) is 36.2 Å². The normalized spacial score (nSPS) is 18.8. The zero-order valence-corrected chi connectivity index (χ0v) is 15.8. The number of alkyl halides is 1. The fourth-order valence-electron chi connectivity index (χ4n) is 3.49. The number of benzene rings is 2. The first-order valence-corrected chi connectivity index (χ1v) is 9.33. The number of hydrogen-bond acceptors (Lipinski definition) is 4. The van der Waals surface area contributed by atoms with Crippen molar-refractivity contribution in [1.82, 2.24) is 10.5 Å². The van der Waals surface area contributed by atoms with E-state index in [2.05, 4.69) is 10.5 Å². The molecular formula is C22H20FN3O3. The number of para-hydroxylation sites is 1. The number of rotatable bonds is 4. The predicted octanol–water partition coefficient (Wildman–Crippen LogP) is 2.92. The van der Waals surface area contributed by atoms with E-state index in [0.717, 1.165) is 11.1 Å². The summed E-state index contributed by atoms with van der Waals surface area (Å²) in [4.78, 5) is 26.7. The highest BCUT2D eigenvalue weighted by Crippen LogP contribution is 2.27. The van der Waals surface area contributed by atoms with Gasteiger partial charge in [-0.3, -0.25) is 9.59 Å². The van der Waals surface area contributed by atoms with Gasteiger partial charge < -0.3 is 14.7 Å². The van der Waals surface area contributed by atoms with Crippen molar-refractivity contribution in [2.75, 3.05) is 11.9 Å². The lowest BCUT2D eigenvalue weighted by Crippen LogP contribution is -2.51. The first-order chi connectivity index (χ1) is 14.0. The molecule has 0 fully saturated rings. The van der Waals surface area contributed by atoms with Gasteiger partial charge in [-0.1, -0.05) is 53.7 Å². The van der Waals surface area contributed by atoms with Gasteiger partial charge in [-0.05, 0) is 17.2 Å². The molecule has 1 unspecified atom stereocenters. The Morgan fingerprint density at radius 3 is 2.72 bits per heavy atom. The van der Waals surface area contributed by atoms with Gasteiger partial charge in [-0.2, -0.15) is 0 Å². The van der Waals surface area contributed by atoms with Gasteiger partial charge in [-0.25, -0.2) is 4.39 Å². The van der Waals surface area contributed by atoms with E-state index >= 15 is 0 Å². The maximum Gasteiger partial charge on any atom is 0.274 e. The zero-order chi connectivity index (χ0) is 20.4. The summed E-state index contributed by atoms with van der Waals surface area (Å²) in [5.41, 5.74) is 2.39. The van der Waals surface area contributed by atoms with Crippen LogP contribution in [-0.2, 0) is 17.6 Å². The maximum absolute atomic E-state index is 14.9. The molecule has 0 aliphatic carbocycles. The lowest BCUT2D eigenvalue weighted by atomic mass is 10.0. The molecule has 0 saturated carbocycles. The summed E-state index contributed by atoms with van der Waals surface area (Å²) in [6.45, 7) is 0. The van der Waals surface area contributed by atoms with Crippen LogP contribution in [0.15, 0.2) is 65.2 Å². The second-order valence-corrected chi connectivity index (χ2v) is 7.04. The summed E-state index contributed by atoms with van der Waals surface area (Å²) in [5, 5.41) is 6.26. The van der Waals surface area contributed by atoms with Crippen LogP contribution in [0.3, 0.4) is 0 Å². The molecule has 0 radical (unpaired) electrons. The molecule has 6 nitrogen and oxygen atoms in total. The van der Waals surface area contributed by atoms with Crippen molar-refractivity contribution in [3.8, 4) is 0 Å². The van der Waals surface area contributed by atoms with Gasteiger partial charge in [0.15, 0.2) is 5.69 Å². The van der Waals surface area contributed by atoms with E-state index in [-0.39, 0.29) is 12.1 Å². The quantitative estimate of drug-likeness (QED) is 0.740. The van der Waals surface area contributed by atoms with Crippen molar-refractivity contribution in [3.05, 3.63) is 83.2 Å². The molecule has 0 spiro atoms. The van der Waals surface area contributed by atoms with Crippen molar-refractivity contribution in [3.63, 3.8) is 0 Å². The Balaban J connectivity index is 1.49. The Labute approximate surface area is 167 Å². The van der Waals surface area contributed by atoms with E-state index in [1.54, 1.807) is 31.3 Å². The van der Waals surface area contributed by atoms with Crippen molar-refractivity contribution in [2.45, 2.75) is 25.1 Å². The molecular weight excluding hydrogens is 373 g/mol. The van der Waals surface area contributed by atoms with Gasteiger partial charge in [0.05, 0.1) is 0 Å². The topological polar surface area (TPSA) is 75.4 Å². The van der Waals surface area contributed by atoms with Crippen molar-refractivity contribution >= 4 is 17.5 Å². The zero-order valence-electron chi connectivity index (χ0n) is 15.8. The summed E-state index contributed by atoms with van der Waals surface area (Å²) in [6, 6.07) is 17.0. The average molecular weight is 393 g/mol. The van der Waals surface area contributed by atoms with Gasteiger partial charge in [0.25, 0.3) is 11.8 Å². The van der Waals surface area contributed by atoms with E-state index in [1.807, 2.05) is 30.3 Å². The van der Waals surface area contributed by atoms with E-state index < -0.39 is 24.0 Å². The number of fused-ring (bicyclic) bond motifs is 1. The highest BCUT2D eigenvalue weighted by atomic mass is 19.1. The second kappa shape index (κ2) is 7.87. The lowest BCUT2D eigenvalue weighted by Gasteiger charge is -2.22. The number of nitrogens with one attached hydrogen (secondary N) is 1. The average Bonchev–Trinajstić information content (AvgIpc) is 3.17. The smallest absolute Gasteiger partial charge is 0.274 e. The standard InChI is InChI=1S/C22H20FN3O3/c1-26-19-10-6-5-9-15(19)12-17(23)20(22(26)28)24-21(27)18-13-16(29-25-18)11-14-7-3-2-4-8-14/h2-10,13,17,20H,11-12H2,1H3,(H,24,27)/t17-,20?/m0/s1. The number of carbonyl (C=O) groups is 2. The van der Waals surface area contributed by atoms with Crippen LogP contribution in [0, 0.1) is 0 Å². The van der Waals surface area contributed by atoms with Crippen LogP contribution < -0.4 is 10.2 Å². The van der Waals surface area contributed by atoms with E-state index in [0.29, 0.717) is 17.9 Å². The van der Waals surface area contributed by atoms with E-state index in [1.165, 1.54) is 11.0 Å². The van der Waals surface area contributed by atoms with Crippen molar-refractivity contribution < 1.29 is 18.5 Å². The van der Waals surface area contributed by atoms with Crippen molar-refractivity contribution in [1.29, 1.82) is 0 Å². The molecule has 1 aromatic heterocycles. The molecule has 4 rings (SSSR count). The minimum atomic E-state index is -1.55. The number of amides is 2. The summed E-state index contributed by atoms with van der Waals surface area (Å²) in [7, 11) is 1.58. The summed E-state index contributed by atoms with van der Waals surface area (Å²) < 4.78 is 20.1. The van der Waals surface area contributed by atoms with E-state index in [4.69, 9.17) is 4.52 Å². The molecule has 1 N–H and O–H groups in total. The second-order valence-electron chi connectivity index (χ2n) is 7.04. The molecule has 0 saturated heterocycles. The van der Waals surface area contributed by atoms with Gasteiger partial charge in [-0.15, -0.1) is 0 Å². The first-order valence-electron chi connectivity index (χ1n) is 9.33. The molecule has 2 amide bonds. The number of likely N-dealkylation sites (N-methyl/N-ethyl adjacent to an activating group) is 1. The van der Waals surface area contributed by atoms with E-state index in [9.17, 15) is 14.0 Å². The largest absolute Gasteiger partial charge is 0.360 e. The first kappa shape index (κ1) is 18.9.